The van der Waals surface area contributed by atoms with Crippen LogP contribution in [0.15, 0.2) is 23.4 Å². The van der Waals surface area contributed by atoms with Gasteiger partial charge in [0.2, 0.25) is 5.88 Å². The standard InChI is InChI=1S/C7H6N4O/c8-11-5-4-2-1-3-9-6(4)10-7(5)12/h1-3,8,12H,(H,9,10). The maximum atomic E-state index is 9.23. The highest BCUT2D eigenvalue weighted by Crippen LogP contribution is 2.33. The van der Waals surface area contributed by atoms with Crippen molar-refractivity contribution in [2.24, 2.45) is 5.11 Å². The van der Waals surface area contributed by atoms with Gasteiger partial charge in [-0.15, -0.1) is 0 Å². The number of rotatable bonds is 1. The average molecular weight is 162 g/mol. The second-order valence-electron chi connectivity index (χ2n) is 2.33. The summed E-state index contributed by atoms with van der Waals surface area (Å²) in [5.74, 6) is -0.112. The number of fused-ring (bicyclic) bond motifs is 1. The number of H-pyrrole nitrogens is 1. The van der Waals surface area contributed by atoms with Crippen molar-refractivity contribution in [3.05, 3.63) is 18.3 Å². The van der Waals surface area contributed by atoms with Gasteiger partial charge < -0.3 is 10.1 Å². The van der Waals surface area contributed by atoms with E-state index >= 15 is 0 Å². The molecule has 0 atom stereocenters. The lowest BCUT2D eigenvalue weighted by atomic mass is 10.3. The van der Waals surface area contributed by atoms with Crippen molar-refractivity contribution in [3.63, 3.8) is 0 Å². The number of pyridine rings is 1. The highest BCUT2D eigenvalue weighted by Gasteiger charge is 2.08. The van der Waals surface area contributed by atoms with E-state index in [-0.39, 0.29) is 11.6 Å². The maximum Gasteiger partial charge on any atom is 0.219 e. The third-order valence-corrected chi connectivity index (χ3v) is 1.64. The van der Waals surface area contributed by atoms with Crippen molar-refractivity contribution in [2.45, 2.75) is 0 Å². The van der Waals surface area contributed by atoms with Gasteiger partial charge in [0.15, 0.2) is 5.69 Å². The van der Waals surface area contributed by atoms with Crippen molar-refractivity contribution >= 4 is 16.7 Å². The molecule has 0 aliphatic carbocycles. The van der Waals surface area contributed by atoms with Crippen LogP contribution in [0, 0.1) is 5.53 Å². The molecule has 60 valence electrons. The Morgan fingerprint density at radius 3 is 3.17 bits per heavy atom. The number of hydrogen-bond donors (Lipinski definition) is 3. The quantitative estimate of drug-likeness (QED) is 0.559. The second-order valence-corrected chi connectivity index (χ2v) is 2.33. The van der Waals surface area contributed by atoms with E-state index in [4.69, 9.17) is 5.53 Å². The minimum absolute atomic E-state index is 0.112. The number of aromatic amines is 1. The van der Waals surface area contributed by atoms with Gasteiger partial charge in [-0.1, -0.05) is 0 Å². The molecule has 2 heterocycles. The van der Waals surface area contributed by atoms with Crippen LogP contribution >= 0.6 is 0 Å². The van der Waals surface area contributed by atoms with Crippen LogP contribution in [0.4, 0.5) is 5.69 Å². The van der Waals surface area contributed by atoms with E-state index in [0.29, 0.717) is 11.0 Å². The number of nitrogens with zero attached hydrogens (tertiary/aromatic N) is 2. The fraction of sp³-hybridized carbons (Fsp3) is 0. The van der Waals surface area contributed by atoms with E-state index in [9.17, 15) is 5.11 Å². The number of hydrogen-bond acceptors (Lipinski definition) is 4. The normalized spacial score (nSPS) is 10.3. The third kappa shape index (κ3) is 0.763. The molecule has 3 N–H and O–H groups in total. The van der Waals surface area contributed by atoms with Crippen molar-refractivity contribution in [1.29, 1.82) is 5.53 Å². The molecule has 2 rings (SSSR count). The predicted octanol–water partition coefficient (Wildman–Crippen LogP) is 1.93. The monoisotopic (exact) mass is 162 g/mol. The Kier molecular flexibility index (Phi) is 1.30. The number of aromatic hydroxyl groups is 1. The minimum Gasteiger partial charge on any atom is -0.493 e. The lowest BCUT2D eigenvalue weighted by molar-refractivity contribution is 0.459. The Bertz CT molecular complexity index is 434. The zero-order valence-electron chi connectivity index (χ0n) is 6.07. The Hall–Kier alpha value is -1.91. The molecule has 0 aliphatic heterocycles. The largest absolute Gasteiger partial charge is 0.493 e. The molecule has 0 radical (unpaired) electrons. The summed E-state index contributed by atoms with van der Waals surface area (Å²) in [5, 5.41) is 13.1. The first-order valence-electron chi connectivity index (χ1n) is 3.36. The molecular weight excluding hydrogens is 156 g/mol. The molecule has 0 aliphatic rings. The summed E-state index contributed by atoms with van der Waals surface area (Å²) >= 11 is 0. The fourth-order valence-corrected chi connectivity index (χ4v) is 1.11. The van der Waals surface area contributed by atoms with E-state index in [2.05, 4.69) is 15.1 Å². The van der Waals surface area contributed by atoms with Gasteiger partial charge in [0.1, 0.15) is 5.65 Å². The van der Waals surface area contributed by atoms with Crippen LogP contribution in [0.25, 0.3) is 11.0 Å². The molecule has 0 spiro atoms. The van der Waals surface area contributed by atoms with Crippen LogP contribution in [0.1, 0.15) is 0 Å². The first-order valence-corrected chi connectivity index (χ1v) is 3.36. The van der Waals surface area contributed by atoms with Gasteiger partial charge in [0.25, 0.3) is 0 Å². The molecule has 0 fully saturated rings. The first-order chi connectivity index (χ1) is 5.83. The van der Waals surface area contributed by atoms with Crippen LogP contribution in [0.5, 0.6) is 5.88 Å². The summed E-state index contributed by atoms with van der Waals surface area (Å²) in [6.45, 7) is 0. The second kappa shape index (κ2) is 2.30. The van der Waals surface area contributed by atoms with Crippen LogP contribution in [0.3, 0.4) is 0 Å². The Labute approximate surface area is 67.6 Å². The summed E-state index contributed by atoms with van der Waals surface area (Å²) < 4.78 is 0. The summed E-state index contributed by atoms with van der Waals surface area (Å²) in [6, 6.07) is 3.47. The van der Waals surface area contributed by atoms with Crippen molar-refractivity contribution in [2.75, 3.05) is 0 Å². The average Bonchev–Trinajstić information content (AvgIpc) is 2.40. The summed E-state index contributed by atoms with van der Waals surface area (Å²) in [5.41, 5.74) is 7.58. The molecular formula is C7H6N4O. The van der Waals surface area contributed by atoms with E-state index in [0.717, 1.165) is 0 Å². The molecule has 5 heteroatoms. The smallest absolute Gasteiger partial charge is 0.219 e. The summed E-state index contributed by atoms with van der Waals surface area (Å²) in [7, 11) is 0. The molecule has 0 bridgehead atoms. The highest BCUT2D eigenvalue weighted by molar-refractivity contribution is 5.91. The molecule has 0 saturated heterocycles. The SMILES string of the molecule is N=Nc1c(O)[nH]c2ncccc12. The Balaban J connectivity index is 2.90. The van der Waals surface area contributed by atoms with Crippen molar-refractivity contribution in [3.8, 4) is 5.88 Å². The molecule has 0 saturated carbocycles. The van der Waals surface area contributed by atoms with E-state index in [1.807, 2.05) is 0 Å². The molecule has 5 nitrogen and oxygen atoms in total. The Morgan fingerprint density at radius 2 is 2.42 bits per heavy atom. The molecule has 0 amide bonds. The fourth-order valence-electron chi connectivity index (χ4n) is 1.11. The van der Waals surface area contributed by atoms with E-state index < -0.39 is 0 Å². The zero-order chi connectivity index (χ0) is 8.55. The molecule has 12 heavy (non-hydrogen) atoms. The summed E-state index contributed by atoms with van der Waals surface area (Å²) in [4.78, 5) is 6.56. The summed E-state index contributed by atoms with van der Waals surface area (Å²) in [6.07, 6.45) is 1.60. The topological polar surface area (TPSA) is 85.1 Å². The van der Waals surface area contributed by atoms with Crippen LogP contribution in [0.2, 0.25) is 0 Å². The van der Waals surface area contributed by atoms with Gasteiger partial charge in [-0.2, -0.15) is 5.11 Å². The van der Waals surface area contributed by atoms with Crippen LogP contribution in [-0.4, -0.2) is 15.1 Å². The van der Waals surface area contributed by atoms with Gasteiger partial charge in [0.05, 0.1) is 5.39 Å². The zero-order valence-corrected chi connectivity index (χ0v) is 6.07. The number of nitrogens with one attached hydrogen (secondary N) is 2. The predicted molar refractivity (Wildman–Crippen MR) is 42.6 cm³/mol. The van der Waals surface area contributed by atoms with Gasteiger partial charge in [-0.25, -0.2) is 10.5 Å². The first kappa shape index (κ1) is 6.78. The molecule has 2 aromatic rings. The molecule has 2 aromatic heterocycles. The van der Waals surface area contributed by atoms with Crippen molar-refractivity contribution < 1.29 is 5.11 Å². The number of aromatic nitrogens is 2. The minimum atomic E-state index is -0.112. The van der Waals surface area contributed by atoms with E-state index in [1.54, 1.807) is 18.3 Å². The molecule has 0 aromatic carbocycles. The Morgan fingerprint density at radius 1 is 1.58 bits per heavy atom. The van der Waals surface area contributed by atoms with Gasteiger partial charge in [-0.3, -0.25) is 0 Å². The highest BCUT2D eigenvalue weighted by atomic mass is 16.3. The van der Waals surface area contributed by atoms with Crippen LogP contribution in [-0.2, 0) is 0 Å². The third-order valence-electron chi connectivity index (χ3n) is 1.64. The van der Waals surface area contributed by atoms with Crippen LogP contribution < -0.4 is 0 Å². The maximum absolute atomic E-state index is 9.23. The van der Waals surface area contributed by atoms with E-state index in [1.165, 1.54) is 0 Å². The van der Waals surface area contributed by atoms with Gasteiger partial charge in [0, 0.05) is 6.20 Å². The molecule has 0 unspecified atom stereocenters. The lowest BCUT2D eigenvalue weighted by Crippen LogP contribution is -1.71. The van der Waals surface area contributed by atoms with Gasteiger partial charge in [-0.05, 0) is 12.1 Å². The van der Waals surface area contributed by atoms with Gasteiger partial charge >= 0.3 is 0 Å². The lowest BCUT2D eigenvalue weighted by Gasteiger charge is -1.86. The van der Waals surface area contributed by atoms with Crippen molar-refractivity contribution in [1.82, 2.24) is 9.97 Å².